The largest absolute Gasteiger partial charge is 0.500 e. The maximum absolute atomic E-state index is 12.4. The van der Waals surface area contributed by atoms with Crippen LogP contribution in [0.25, 0.3) is 0 Å². The molecule has 1 rings (SSSR count). The van der Waals surface area contributed by atoms with Gasteiger partial charge in [0, 0.05) is 0 Å². The van der Waals surface area contributed by atoms with Crippen molar-refractivity contribution in [3.8, 4) is 5.75 Å². The number of pyridine rings is 1. The van der Waals surface area contributed by atoms with Gasteiger partial charge in [0.15, 0.2) is 0 Å². The predicted molar refractivity (Wildman–Crippen MR) is 47.7 cm³/mol. The average Bonchev–Trinajstić information content (AvgIpc) is 2.15. The van der Waals surface area contributed by atoms with E-state index in [9.17, 15) is 28.8 Å². The SMILES string of the molecule is O=C(Cl)c1c(C(F)F)cnc([N+](=O)[O-])c1O. The van der Waals surface area contributed by atoms with E-state index in [4.69, 9.17) is 11.6 Å². The summed E-state index contributed by atoms with van der Waals surface area (Å²) in [5.41, 5.74) is -1.96. The van der Waals surface area contributed by atoms with Crippen molar-refractivity contribution < 1.29 is 23.6 Å². The van der Waals surface area contributed by atoms with Crippen molar-refractivity contribution in [2.24, 2.45) is 0 Å². The quantitative estimate of drug-likeness (QED) is 0.504. The Morgan fingerprint density at radius 2 is 2.19 bits per heavy atom. The molecule has 0 bridgehead atoms. The van der Waals surface area contributed by atoms with E-state index in [1.165, 1.54) is 0 Å². The van der Waals surface area contributed by atoms with Crippen LogP contribution in [-0.4, -0.2) is 20.3 Å². The van der Waals surface area contributed by atoms with Gasteiger partial charge in [-0.25, -0.2) is 8.78 Å². The zero-order valence-corrected chi connectivity index (χ0v) is 8.11. The molecule has 0 aliphatic heterocycles. The number of halogens is 3. The van der Waals surface area contributed by atoms with Crippen LogP contribution in [0.1, 0.15) is 22.3 Å². The molecule has 0 fully saturated rings. The lowest BCUT2D eigenvalue weighted by Gasteiger charge is -2.05. The van der Waals surface area contributed by atoms with Gasteiger partial charge in [-0.15, -0.1) is 0 Å². The molecule has 0 saturated heterocycles. The molecular formula is C7H3ClF2N2O4. The first-order chi connectivity index (χ1) is 7.36. The van der Waals surface area contributed by atoms with Gasteiger partial charge in [-0.05, 0) is 21.5 Å². The number of nitrogens with zero attached hydrogens (tertiary/aromatic N) is 2. The number of aromatic hydroxyl groups is 1. The second-order valence-electron chi connectivity index (χ2n) is 2.59. The van der Waals surface area contributed by atoms with E-state index in [2.05, 4.69) is 4.98 Å². The Morgan fingerprint density at radius 3 is 2.56 bits per heavy atom. The Kier molecular flexibility index (Phi) is 3.33. The van der Waals surface area contributed by atoms with Gasteiger partial charge in [-0.1, -0.05) is 0 Å². The lowest BCUT2D eigenvalue weighted by atomic mass is 10.1. The molecule has 0 aromatic carbocycles. The number of hydrogen-bond donors (Lipinski definition) is 1. The Bertz CT molecular complexity index is 466. The fraction of sp³-hybridized carbons (Fsp3) is 0.143. The monoisotopic (exact) mass is 252 g/mol. The highest BCUT2D eigenvalue weighted by Gasteiger charge is 2.29. The van der Waals surface area contributed by atoms with Gasteiger partial charge < -0.3 is 15.2 Å². The molecule has 0 amide bonds. The Morgan fingerprint density at radius 1 is 1.62 bits per heavy atom. The van der Waals surface area contributed by atoms with Crippen LogP contribution >= 0.6 is 11.6 Å². The molecule has 0 radical (unpaired) electrons. The minimum atomic E-state index is -3.13. The van der Waals surface area contributed by atoms with Gasteiger partial charge in [0.25, 0.3) is 11.7 Å². The molecule has 1 aromatic rings. The van der Waals surface area contributed by atoms with Crippen molar-refractivity contribution in [2.75, 3.05) is 0 Å². The van der Waals surface area contributed by atoms with Crippen LogP contribution < -0.4 is 0 Å². The highest BCUT2D eigenvalue weighted by molar-refractivity contribution is 6.68. The minimum absolute atomic E-state index is 0.429. The predicted octanol–water partition coefficient (Wildman–Crippen LogP) is 2.01. The molecule has 9 heteroatoms. The summed E-state index contributed by atoms with van der Waals surface area (Å²) in [6, 6.07) is 0. The molecule has 1 N–H and O–H groups in total. The third kappa shape index (κ3) is 2.06. The van der Waals surface area contributed by atoms with Crippen LogP contribution in [0.3, 0.4) is 0 Å². The van der Waals surface area contributed by atoms with E-state index in [1.54, 1.807) is 0 Å². The minimum Gasteiger partial charge on any atom is -0.500 e. The smallest absolute Gasteiger partial charge is 0.406 e. The second-order valence-corrected chi connectivity index (χ2v) is 2.94. The Hall–Kier alpha value is -1.83. The van der Waals surface area contributed by atoms with Crippen LogP contribution in [0, 0.1) is 10.1 Å². The van der Waals surface area contributed by atoms with Gasteiger partial charge in [0.1, 0.15) is 6.20 Å². The summed E-state index contributed by atoms with van der Waals surface area (Å²) in [7, 11) is 0. The van der Waals surface area contributed by atoms with Crippen molar-refractivity contribution in [3.63, 3.8) is 0 Å². The molecule has 0 aliphatic carbocycles. The number of rotatable bonds is 3. The van der Waals surface area contributed by atoms with Gasteiger partial charge in [0.2, 0.25) is 5.75 Å². The summed E-state index contributed by atoms with van der Waals surface area (Å²) >= 11 is 4.95. The molecule has 0 aliphatic rings. The molecule has 6 nitrogen and oxygen atoms in total. The summed E-state index contributed by atoms with van der Waals surface area (Å²) in [6.45, 7) is 0. The first kappa shape index (κ1) is 12.2. The molecule has 1 heterocycles. The molecule has 0 unspecified atom stereocenters. The van der Waals surface area contributed by atoms with Crippen molar-refractivity contribution in [3.05, 3.63) is 27.4 Å². The van der Waals surface area contributed by atoms with Crippen LogP contribution in [0.2, 0.25) is 0 Å². The first-order valence-corrected chi connectivity index (χ1v) is 4.08. The van der Waals surface area contributed by atoms with E-state index in [-0.39, 0.29) is 0 Å². The third-order valence-corrected chi connectivity index (χ3v) is 1.86. The van der Waals surface area contributed by atoms with Crippen molar-refractivity contribution in [1.29, 1.82) is 0 Å². The second kappa shape index (κ2) is 4.35. The summed E-state index contributed by atoms with van der Waals surface area (Å²) in [5, 5.41) is 18.1. The highest BCUT2D eigenvalue weighted by Crippen LogP contribution is 2.35. The first-order valence-electron chi connectivity index (χ1n) is 3.70. The highest BCUT2D eigenvalue weighted by atomic mass is 35.5. The van der Waals surface area contributed by atoms with E-state index in [0.717, 1.165) is 0 Å². The number of alkyl halides is 2. The molecule has 0 saturated carbocycles. The normalized spacial score (nSPS) is 10.5. The van der Waals surface area contributed by atoms with Crippen LogP contribution in [-0.2, 0) is 0 Å². The average molecular weight is 253 g/mol. The third-order valence-electron chi connectivity index (χ3n) is 1.67. The lowest BCUT2D eigenvalue weighted by Crippen LogP contribution is -2.03. The van der Waals surface area contributed by atoms with E-state index >= 15 is 0 Å². The molecular weight excluding hydrogens is 250 g/mol. The van der Waals surface area contributed by atoms with Gasteiger partial charge in [-0.3, -0.25) is 4.79 Å². The fourth-order valence-corrected chi connectivity index (χ4v) is 1.21. The van der Waals surface area contributed by atoms with Crippen molar-refractivity contribution in [1.82, 2.24) is 4.98 Å². The van der Waals surface area contributed by atoms with Crippen molar-refractivity contribution >= 4 is 22.7 Å². The van der Waals surface area contributed by atoms with E-state index < -0.39 is 39.3 Å². The number of aromatic nitrogens is 1. The zero-order chi connectivity index (χ0) is 12.5. The number of nitro groups is 1. The number of hydrogen-bond acceptors (Lipinski definition) is 5. The van der Waals surface area contributed by atoms with Crippen molar-refractivity contribution in [2.45, 2.75) is 6.43 Å². The van der Waals surface area contributed by atoms with Gasteiger partial charge in [-0.2, -0.15) is 0 Å². The fourth-order valence-electron chi connectivity index (χ4n) is 1.01. The van der Waals surface area contributed by atoms with Gasteiger partial charge >= 0.3 is 5.82 Å². The number of carbonyl (C=O) groups is 1. The standard InChI is InChI=1S/C7H3ClF2N2O4/c8-5(14)3-2(6(9)10)1-11-7(4(3)13)12(15)16/h1,6,13H. The maximum atomic E-state index is 12.4. The van der Waals surface area contributed by atoms with Crippen LogP contribution in [0.15, 0.2) is 6.20 Å². The van der Waals surface area contributed by atoms with Gasteiger partial charge in [0.05, 0.1) is 11.1 Å². The Labute approximate surface area is 91.6 Å². The summed E-state index contributed by atoms with van der Waals surface area (Å²) in [5.74, 6) is -2.36. The van der Waals surface area contributed by atoms with E-state index in [0.29, 0.717) is 6.20 Å². The summed E-state index contributed by atoms with van der Waals surface area (Å²) in [4.78, 5) is 23.0. The summed E-state index contributed by atoms with van der Waals surface area (Å²) < 4.78 is 24.7. The number of carbonyl (C=O) groups excluding carboxylic acids is 1. The Balaban J connectivity index is 3.54. The molecule has 1 aromatic heterocycles. The van der Waals surface area contributed by atoms with E-state index in [1.807, 2.05) is 0 Å². The molecule has 16 heavy (non-hydrogen) atoms. The molecule has 0 spiro atoms. The van der Waals surface area contributed by atoms with Crippen LogP contribution in [0.5, 0.6) is 5.75 Å². The van der Waals surface area contributed by atoms with Crippen LogP contribution in [0.4, 0.5) is 14.6 Å². The molecule has 86 valence electrons. The zero-order valence-electron chi connectivity index (χ0n) is 7.35. The molecule has 0 atom stereocenters. The maximum Gasteiger partial charge on any atom is 0.406 e. The summed E-state index contributed by atoms with van der Waals surface area (Å²) in [6.07, 6.45) is -2.70. The topological polar surface area (TPSA) is 93.3 Å². The lowest BCUT2D eigenvalue weighted by molar-refractivity contribution is -0.390.